The Labute approximate surface area is 154 Å². The SMILES string of the molecule is CC(C)CS(=O)(=O)CC(=O)Nc1cccc(S(=O)(=O)NCCN)c1.Cl. The Morgan fingerprint density at radius 1 is 1.20 bits per heavy atom. The van der Waals surface area contributed by atoms with Gasteiger partial charge in [-0.05, 0) is 24.1 Å². The summed E-state index contributed by atoms with van der Waals surface area (Å²) in [6, 6.07) is 5.56. The average molecular weight is 414 g/mol. The van der Waals surface area contributed by atoms with Crippen molar-refractivity contribution < 1.29 is 21.6 Å². The van der Waals surface area contributed by atoms with Crippen LogP contribution >= 0.6 is 12.4 Å². The van der Waals surface area contributed by atoms with E-state index in [9.17, 15) is 21.6 Å². The van der Waals surface area contributed by atoms with Crippen LogP contribution in [0.2, 0.25) is 0 Å². The number of benzene rings is 1. The van der Waals surface area contributed by atoms with Crippen molar-refractivity contribution in [3.63, 3.8) is 0 Å². The molecule has 8 nitrogen and oxygen atoms in total. The maximum atomic E-state index is 12.0. The molecule has 0 bridgehead atoms. The average Bonchev–Trinajstić information content (AvgIpc) is 2.43. The van der Waals surface area contributed by atoms with E-state index in [1.807, 2.05) is 0 Å². The highest BCUT2D eigenvalue weighted by Crippen LogP contribution is 2.15. The van der Waals surface area contributed by atoms with Gasteiger partial charge in [0.25, 0.3) is 0 Å². The lowest BCUT2D eigenvalue weighted by Gasteiger charge is -2.10. The van der Waals surface area contributed by atoms with Crippen molar-refractivity contribution in [3.8, 4) is 0 Å². The van der Waals surface area contributed by atoms with Gasteiger partial charge in [0.15, 0.2) is 9.84 Å². The fourth-order valence-corrected chi connectivity index (χ4v) is 4.68. The standard InChI is InChI=1S/C14H23N3O5S2.ClH/c1-11(2)9-23(19,20)10-14(18)17-12-4-3-5-13(8-12)24(21,22)16-7-6-15;/h3-5,8,11,16H,6-7,9-10,15H2,1-2H3,(H,17,18);1H. The minimum absolute atomic E-state index is 0. The molecule has 11 heteroatoms. The van der Waals surface area contributed by atoms with Crippen LogP contribution in [0.15, 0.2) is 29.2 Å². The van der Waals surface area contributed by atoms with E-state index >= 15 is 0 Å². The van der Waals surface area contributed by atoms with Crippen LogP contribution in [0.4, 0.5) is 5.69 Å². The van der Waals surface area contributed by atoms with Gasteiger partial charge >= 0.3 is 0 Å². The Morgan fingerprint density at radius 2 is 1.84 bits per heavy atom. The highest BCUT2D eigenvalue weighted by atomic mass is 35.5. The van der Waals surface area contributed by atoms with Crippen LogP contribution in [-0.4, -0.2) is 47.3 Å². The van der Waals surface area contributed by atoms with Crippen molar-refractivity contribution in [2.75, 3.05) is 29.9 Å². The first-order valence-electron chi connectivity index (χ1n) is 7.36. The number of anilines is 1. The van der Waals surface area contributed by atoms with Crippen molar-refractivity contribution in [1.82, 2.24) is 4.72 Å². The largest absolute Gasteiger partial charge is 0.329 e. The fraction of sp³-hybridized carbons (Fsp3) is 0.500. The number of rotatable bonds is 9. The van der Waals surface area contributed by atoms with E-state index in [-0.39, 0.29) is 47.8 Å². The van der Waals surface area contributed by atoms with E-state index in [0.29, 0.717) is 0 Å². The zero-order valence-electron chi connectivity index (χ0n) is 14.1. The molecule has 1 aromatic carbocycles. The number of hydrogen-bond acceptors (Lipinski definition) is 6. The monoisotopic (exact) mass is 413 g/mol. The third-order valence-corrected chi connectivity index (χ3v) is 6.14. The van der Waals surface area contributed by atoms with Gasteiger partial charge in [-0.3, -0.25) is 4.79 Å². The second-order valence-electron chi connectivity index (χ2n) is 5.71. The molecule has 0 saturated heterocycles. The summed E-state index contributed by atoms with van der Waals surface area (Å²) < 4.78 is 49.9. The summed E-state index contributed by atoms with van der Waals surface area (Å²) in [5, 5.41) is 2.40. The lowest BCUT2D eigenvalue weighted by Crippen LogP contribution is -2.29. The number of nitrogens with two attached hydrogens (primary N) is 1. The van der Waals surface area contributed by atoms with Gasteiger partial charge in [0.2, 0.25) is 15.9 Å². The molecule has 0 heterocycles. The molecule has 1 amide bonds. The van der Waals surface area contributed by atoms with Crippen LogP contribution < -0.4 is 15.8 Å². The van der Waals surface area contributed by atoms with Gasteiger partial charge in [0.1, 0.15) is 5.75 Å². The van der Waals surface area contributed by atoms with Crippen LogP contribution in [0.25, 0.3) is 0 Å². The highest BCUT2D eigenvalue weighted by Gasteiger charge is 2.19. The summed E-state index contributed by atoms with van der Waals surface area (Å²) in [6.45, 7) is 3.74. The van der Waals surface area contributed by atoms with Crippen LogP contribution in [-0.2, 0) is 24.7 Å². The maximum absolute atomic E-state index is 12.0. The minimum Gasteiger partial charge on any atom is -0.329 e. The predicted octanol–water partition coefficient (Wildman–Crippen LogP) is 0.355. The second-order valence-corrected chi connectivity index (χ2v) is 9.59. The molecule has 0 aromatic heterocycles. The summed E-state index contributed by atoms with van der Waals surface area (Å²) in [5.41, 5.74) is 5.47. The van der Waals surface area contributed by atoms with Crippen molar-refractivity contribution in [2.45, 2.75) is 18.7 Å². The first-order chi connectivity index (χ1) is 11.1. The molecule has 0 unspecified atom stereocenters. The zero-order chi connectivity index (χ0) is 18.4. The number of sulfone groups is 1. The van der Waals surface area contributed by atoms with Crippen LogP contribution in [0.3, 0.4) is 0 Å². The first kappa shape index (κ1) is 23.8. The number of sulfonamides is 1. The van der Waals surface area contributed by atoms with E-state index in [4.69, 9.17) is 5.73 Å². The molecule has 144 valence electrons. The molecular weight excluding hydrogens is 390 g/mol. The Hall–Kier alpha value is -1.20. The quantitative estimate of drug-likeness (QED) is 0.534. The van der Waals surface area contributed by atoms with Crippen molar-refractivity contribution in [2.24, 2.45) is 11.7 Å². The fourth-order valence-electron chi connectivity index (χ4n) is 1.98. The smallest absolute Gasteiger partial charge is 0.240 e. The molecule has 0 aliphatic carbocycles. The van der Waals surface area contributed by atoms with Crippen LogP contribution in [0, 0.1) is 5.92 Å². The number of nitrogens with one attached hydrogen (secondary N) is 2. The summed E-state index contributed by atoms with van der Waals surface area (Å²) in [6.07, 6.45) is 0. The Bertz CT molecular complexity index is 779. The molecule has 0 radical (unpaired) electrons. The second kappa shape index (κ2) is 10.1. The van der Waals surface area contributed by atoms with E-state index in [1.165, 1.54) is 24.3 Å². The molecule has 0 spiro atoms. The van der Waals surface area contributed by atoms with Gasteiger partial charge in [-0.15, -0.1) is 12.4 Å². The molecule has 0 saturated carbocycles. The van der Waals surface area contributed by atoms with Gasteiger partial charge in [-0.2, -0.15) is 0 Å². The normalized spacial score (nSPS) is 11.8. The van der Waals surface area contributed by atoms with Gasteiger partial charge in [0.05, 0.1) is 10.6 Å². The summed E-state index contributed by atoms with van der Waals surface area (Å²) in [5.74, 6) is -1.52. The van der Waals surface area contributed by atoms with Crippen LogP contribution in [0.5, 0.6) is 0 Å². The predicted molar refractivity (Wildman–Crippen MR) is 100 cm³/mol. The number of amides is 1. The van der Waals surface area contributed by atoms with E-state index in [1.54, 1.807) is 13.8 Å². The third kappa shape index (κ3) is 8.63. The number of hydrogen-bond donors (Lipinski definition) is 3. The molecule has 0 atom stereocenters. The molecule has 0 aliphatic rings. The molecular formula is C14H24ClN3O5S2. The third-order valence-electron chi connectivity index (χ3n) is 2.80. The maximum Gasteiger partial charge on any atom is 0.240 e. The van der Waals surface area contributed by atoms with Gasteiger partial charge in [0, 0.05) is 18.8 Å². The molecule has 0 aliphatic heterocycles. The summed E-state index contributed by atoms with van der Waals surface area (Å²) in [7, 11) is -7.24. The van der Waals surface area contributed by atoms with Gasteiger partial charge in [-0.1, -0.05) is 19.9 Å². The lowest BCUT2D eigenvalue weighted by molar-refractivity contribution is -0.113. The first-order valence-corrected chi connectivity index (χ1v) is 10.7. The Morgan fingerprint density at radius 3 is 2.40 bits per heavy atom. The Kier molecular flexibility index (Phi) is 9.59. The molecule has 25 heavy (non-hydrogen) atoms. The van der Waals surface area contributed by atoms with Crippen molar-refractivity contribution in [1.29, 1.82) is 0 Å². The van der Waals surface area contributed by atoms with Gasteiger partial charge in [-0.25, -0.2) is 21.6 Å². The van der Waals surface area contributed by atoms with Crippen LogP contribution in [0.1, 0.15) is 13.8 Å². The summed E-state index contributed by atoms with van der Waals surface area (Å²) >= 11 is 0. The molecule has 1 aromatic rings. The topological polar surface area (TPSA) is 135 Å². The number of halogens is 1. The zero-order valence-corrected chi connectivity index (χ0v) is 16.5. The minimum atomic E-state index is -3.73. The van der Waals surface area contributed by atoms with Crippen molar-refractivity contribution in [3.05, 3.63) is 24.3 Å². The van der Waals surface area contributed by atoms with E-state index in [0.717, 1.165) is 0 Å². The highest BCUT2D eigenvalue weighted by molar-refractivity contribution is 7.92. The number of carbonyl (C=O) groups excluding carboxylic acids is 1. The lowest BCUT2D eigenvalue weighted by atomic mass is 10.3. The molecule has 4 N–H and O–H groups in total. The van der Waals surface area contributed by atoms with E-state index in [2.05, 4.69) is 10.0 Å². The summed E-state index contributed by atoms with van der Waals surface area (Å²) in [4.78, 5) is 11.8. The molecule has 1 rings (SSSR count). The number of carbonyl (C=O) groups is 1. The van der Waals surface area contributed by atoms with Crippen molar-refractivity contribution >= 4 is 43.9 Å². The van der Waals surface area contributed by atoms with E-state index < -0.39 is 31.5 Å². The Balaban J connectivity index is 0.00000576. The van der Waals surface area contributed by atoms with Gasteiger partial charge < -0.3 is 11.1 Å². The molecule has 0 fully saturated rings.